The molecule has 3 aromatic carbocycles. The summed E-state index contributed by atoms with van der Waals surface area (Å²) in [6, 6.07) is 19.5. The van der Waals surface area contributed by atoms with E-state index in [9.17, 15) is 0 Å². The van der Waals surface area contributed by atoms with E-state index >= 15 is 0 Å². The molecule has 0 bridgehead atoms. The van der Waals surface area contributed by atoms with Gasteiger partial charge in [-0.25, -0.2) is 0 Å². The van der Waals surface area contributed by atoms with E-state index in [4.69, 9.17) is 14.2 Å². The highest BCUT2D eigenvalue weighted by Gasteiger charge is 2.07. The van der Waals surface area contributed by atoms with Crippen molar-refractivity contribution in [3.05, 3.63) is 77.4 Å². The first kappa shape index (κ1) is 18.5. The Kier molecular flexibility index (Phi) is 5.77. The van der Waals surface area contributed by atoms with Gasteiger partial charge < -0.3 is 14.2 Å². The van der Waals surface area contributed by atoms with Crippen molar-refractivity contribution >= 4 is 11.9 Å². The van der Waals surface area contributed by atoms with E-state index in [1.807, 2.05) is 73.8 Å². The van der Waals surface area contributed by atoms with Crippen LogP contribution >= 0.6 is 0 Å². The molecule has 0 N–H and O–H groups in total. The third kappa shape index (κ3) is 4.67. The van der Waals surface area contributed by atoms with Gasteiger partial charge in [0.05, 0.1) is 19.9 Å². The molecule has 0 aromatic heterocycles. The van der Waals surface area contributed by atoms with Crippen LogP contribution in [0.1, 0.15) is 16.7 Å². The number of hydrogen-bond donors (Lipinski definition) is 0. The SMILES string of the molecule is COc1cc(C)c(C=Nc2ccc(Oc3ccc(C)cc3)cc2)cc1OC. The van der Waals surface area contributed by atoms with Crippen molar-refractivity contribution in [1.29, 1.82) is 0 Å². The lowest BCUT2D eigenvalue weighted by Crippen LogP contribution is -1.95. The van der Waals surface area contributed by atoms with Crippen molar-refractivity contribution < 1.29 is 14.2 Å². The van der Waals surface area contributed by atoms with Gasteiger partial charge in [0.1, 0.15) is 11.5 Å². The third-order valence-corrected chi connectivity index (χ3v) is 4.22. The van der Waals surface area contributed by atoms with E-state index in [1.165, 1.54) is 5.56 Å². The molecule has 0 saturated heterocycles. The summed E-state index contributed by atoms with van der Waals surface area (Å²) < 4.78 is 16.5. The monoisotopic (exact) mass is 361 g/mol. The molecular formula is C23H23NO3. The Hall–Kier alpha value is -3.27. The van der Waals surface area contributed by atoms with Crippen LogP contribution in [0.25, 0.3) is 0 Å². The Morgan fingerprint density at radius 1 is 0.741 bits per heavy atom. The number of rotatable bonds is 6. The van der Waals surface area contributed by atoms with Gasteiger partial charge in [-0.05, 0) is 73.5 Å². The van der Waals surface area contributed by atoms with Crippen molar-refractivity contribution in [2.45, 2.75) is 13.8 Å². The zero-order chi connectivity index (χ0) is 19.2. The van der Waals surface area contributed by atoms with E-state index < -0.39 is 0 Å². The Balaban J connectivity index is 1.73. The molecule has 3 rings (SSSR count). The number of hydrogen-bond acceptors (Lipinski definition) is 4. The number of methoxy groups -OCH3 is 2. The molecule has 0 fully saturated rings. The molecule has 0 spiro atoms. The lowest BCUT2D eigenvalue weighted by molar-refractivity contribution is 0.354. The van der Waals surface area contributed by atoms with Crippen LogP contribution in [-0.2, 0) is 0 Å². The molecule has 0 atom stereocenters. The highest BCUT2D eigenvalue weighted by molar-refractivity contribution is 5.85. The first-order chi connectivity index (χ1) is 13.1. The molecule has 4 nitrogen and oxygen atoms in total. The maximum Gasteiger partial charge on any atom is 0.161 e. The molecule has 0 aliphatic heterocycles. The second-order valence-corrected chi connectivity index (χ2v) is 6.23. The van der Waals surface area contributed by atoms with Crippen molar-refractivity contribution in [3.63, 3.8) is 0 Å². The molecule has 0 aliphatic carbocycles. The first-order valence-corrected chi connectivity index (χ1v) is 8.70. The Morgan fingerprint density at radius 3 is 1.89 bits per heavy atom. The second-order valence-electron chi connectivity index (χ2n) is 6.23. The highest BCUT2D eigenvalue weighted by atomic mass is 16.5. The zero-order valence-electron chi connectivity index (χ0n) is 16.0. The van der Waals surface area contributed by atoms with Crippen LogP contribution in [0.5, 0.6) is 23.0 Å². The lowest BCUT2D eigenvalue weighted by Gasteiger charge is -2.10. The molecular weight excluding hydrogens is 338 g/mol. The minimum Gasteiger partial charge on any atom is -0.493 e. The van der Waals surface area contributed by atoms with Crippen LogP contribution in [0.4, 0.5) is 5.69 Å². The molecule has 3 aromatic rings. The Bertz CT molecular complexity index is 929. The zero-order valence-corrected chi connectivity index (χ0v) is 16.0. The summed E-state index contributed by atoms with van der Waals surface area (Å²) in [7, 11) is 3.26. The maximum absolute atomic E-state index is 5.84. The van der Waals surface area contributed by atoms with E-state index in [2.05, 4.69) is 11.9 Å². The van der Waals surface area contributed by atoms with Gasteiger partial charge in [-0.3, -0.25) is 4.99 Å². The number of benzene rings is 3. The normalized spacial score (nSPS) is 10.8. The largest absolute Gasteiger partial charge is 0.493 e. The number of nitrogens with zero attached hydrogens (tertiary/aromatic N) is 1. The summed E-state index contributed by atoms with van der Waals surface area (Å²) in [6.45, 7) is 4.07. The predicted molar refractivity (Wildman–Crippen MR) is 109 cm³/mol. The van der Waals surface area contributed by atoms with Crippen LogP contribution in [0.2, 0.25) is 0 Å². The summed E-state index contributed by atoms with van der Waals surface area (Å²) >= 11 is 0. The molecule has 138 valence electrons. The number of aryl methyl sites for hydroxylation is 2. The van der Waals surface area contributed by atoms with Crippen LogP contribution in [0, 0.1) is 13.8 Å². The van der Waals surface area contributed by atoms with Crippen LogP contribution in [0.3, 0.4) is 0 Å². The molecule has 0 aliphatic rings. The highest BCUT2D eigenvalue weighted by Crippen LogP contribution is 2.30. The molecule has 0 heterocycles. The standard InChI is InChI=1S/C23H23NO3/c1-16-5-9-20(10-6-16)27-21-11-7-19(8-12-21)24-15-18-14-23(26-4)22(25-3)13-17(18)2/h5-15H,1-4H3. The van der Waals surface area contributed by atoms with Crippen LogP contribution in [-0.4, -0.2) is 20.4 Å². The summed E-state index contributed by atoms with van der Waals surface area (Å²) in [5.74, 6) is 2.99. The van der Waals surface area contributed by atoms with E-state index in [-0.39, 0.29) is 0 Å². The van der Waals surface area contributed by atoms with Gasteiger partial charge in [0.15, 0.2) is 11.5 Å². The van der Waals surface area contributed by atoms with Crippen molar-refractivity contribution in [2.75, 3.05) is 14.2 Å². The van der Waals surface area contributed by atoms with Gasteiger partial charge in [-0.1, -0.05) is 17.7 Å². The fraction of sp³-hybridized carbons (Fsp3) is 0.174. The quantitative estimate of drug-likeness (QED) is 0.516. The minimum atomic E-state index is 0.686. The average Bonchev–Trinajstić information content (AvgIpc) is 2.69. The average molecular weight is 361 g/mol. The minimum absolute atomic E-state index is 0.686. The second kappa shape index (κ2) is 8.41. The van der Waals surface area contributed by atoms with E-state index in [0.29, 0.717) is 11.5 Å². The van der Waals surface area contributed by atoms with E-state index in [0.717, 1.165) is 28.3 Å². The first-order valence-electron chi connectivity index (χ1n) is 8.70. The van der Waals surface area contributed by atoms with Gasteiger partial charge in [0, 0.05) is 6.21 Å². The van der Waals surface area contributed by atoms with Gasteiger partial charge in [-0.15, -0.1) is 0 Å². The Morgan fingerprint density at radius 2 is 1.30 bits per heavy atom. The number of ether oxygens (including phenoxy) is 3. The summed E-state index contributed by atoms with van der Waals surface area (Å²) in [6.07, 6.45) is 1.83. The fourth-order valence-corrected chi connectivity index (χ4v) is 2.62. The van der Waals surface area contributed by atoms with Crippen molar-refractivity contribution in [3.8, 4) is 23.0 Å². The van der Waals surface area contributed by atoms with Gasteiger partial charge >= 0.3 is 0 Å². The molecule has 27 heavy (non-hydrogen) atoms. The smallest absolute Gasteiger partial charge is 0.161 e. The Labute approximate surface area is 160 Å². The van der Waals surface area contributed by atoms with E-state index in [1.54, 1.807) is 14.2 Å². The van der Waals surface area contributed by atoms with Crippen LogP contribution in [0.15, 0.2) is 65.7 Å². The van der Waals surface area contributed by atoms with Gasteiger partial charge in [-0.2, -0.15) is 0 Å². The van der Waals surface area contributed by atoms with Gasteiger partial charge in [0.25, 0.3) is 0 Å². The fourth-order valence-electron chi connectivity index (χ4n) is 2.62. The van der Waals surface area contributed by atoms with Crippen molar-refractivity contribution in [1.82, 2.24) is 0 Å². The summed E-state index contributed by atoms with van der Waals surface area (Å²) in [5.41, 5.74) is 4.10. The predicted octanol–water partition coefficient (Wildman–Crippen LogP) is 5.86. The maximum atomic E-state index is 5.84. The third-order valence-electron chi connectivity index (χ3n) is 4.22. The topological polar surface area (TPSA) is 40.0 Å². The molecule has 4 heteroatoms. The van der Waals surface area contributed by atoms with Gasteiger partial charge in [0.2, 0.25) is 0 Å². The summed E-state index contributed by atoms with van der Waals surface area (Å²) in [5, 5.41) is 0. The molecule has 0 saturated carbocycles. The molecule has 0 unspecified atom stereocenters. The number of aliphatic imine (C=N–C) groups is 1. The lowest BCUT2D eigenvalue weighted by atomic mass is 10.1. The summed E-state index contributed by atoms with van der Waals surface area (Å²) in [4.78, 5) is 4.55. The molecule has 0 radical (unpaired) electrons. The molecule has 0 amide bonds. The van der Waals surface area contributed by atoms with Crippen LogP contribution < -0.4 is 14.2 Å². The van der Waals surface area contributed by atoms with Crippen molar-refractivity contribution in [2.24, 2.45) is 4.99 Å².